The number of thioether (sulfide) groups is 1. The van der Waals surface area contributed by atoms with Crippen molar-refractivity contribution in [2.75, 3.05) is 25.7 Å². The Morgan fingerprint density at radius 1 is 1.04 bits per heavy atom. The van der Waals surface area contributed by atoms with E-state index in [0.717, 1.165) is 37.9 Å². The van der Waals surface area contributed by atoms with E-state index in [9.17, 15) is 4.79 Å². The summed E-state index contributed by atoms with van der Waals surface area (Å²) in [6.45, 7) is 9.37. The first kappa shape index (κ1) is 24.0. The topological polar surface area (TPSA) is 38.3 Å². The monoisotopic (exact) mass is 367 g/mol. The van der Waals surface area contributed by atoms with Crippen molar-refractivity contribution in [3.05, 3.63) is 34.9 Å². The fraction of sp³-hybridized carbons (Fsp3) is 0.667. The number of ether oxygens (including phenoxy) is 1. The minimum absolute atomic E-state index is 0.171. The van der Waals surface area contributed by atoms with Crippen molar-refractivity contribution in [1.82, 2.24) is 5.32 Å². The summed E-state index contributed by atoms with van der Waals surface area (Å²) in [5, 5.41) is 3.29. The zero-order valence-corrected chi connectivity index (χ0v) is 17.8. The van der Waals surface area contributed by atoms with Gasteiger partial charge in [-0.25, -0.2) is 0 Å². The Kier molecular flexibility index (Phi) is 14.7. The molecule has 0 saturated heterocycles. The van der Waals surface area contributed by atoms with Crippen LogP contribution in [-0.2, 0) is 9.53 Å². The maximum Gasteiger partial charge on any atom is 0.322 e. The van der Waals surface area contributed by atoms with Crippen molar-refractivity contribution in [2.45, 2.75) is 65.8 Å². The quantitative estimate of drug-likeness (QED) is 0.354. The third-order valence-corrected chi connectivity index (χ3v) is 4.68. The van der Waals surface area contributed by atoms with Gasteiger partial charge in [0.15, 0.2) is 0 Å². The summed E-state index contributed by atoms with van der Waals surface area (Å²) in [4.78, 5) is 11.7. The Balaban J connectivity index is 4.18. The van der Waals surface area contributed by atoms with Crippen LogP contribution < -0.4 is 5.32 Å². The molecule has 0 aromatic carbocycles. The van der Waals surface area contributed by atoms with Gasteiger partial charge >= 0.3 is 5.97 Å². The molecule has 3 nitrogen and oxygen atoms in total. The summed E-state index contributed by atoms with van der Waals surface area (Å²) in [7, 11) is 1.45. The second-order valence-corrected chi connectivity index (χ2v) is 7.71. The molecule has 0 aromatic rings. The molecule has 0 amide bonds. The van der Waals surface area contributed by atoms with E-state index >= 15 is 0 Å². The lowest BCUT2D eigenvalue weighted by Gasteiger charge is -2.15. The summed E-state index contributed by atoms with van der Waals surface area (Å²) >= 11 is 1.75. The molecular weight excluding hydrogens is 330 g/mol. The van der Waals surface area contributed by atoms with E-state index in [-0.39, 0.29) is 12.0 Å². The van der Waals surface area contributed by atoms with Crippen LogP contribution >= 0.6 is 11.8 Å². The van der Waals surface area contributed by atoms with Crippen molar-refractivity contribution in [3.63, 3.8) is 0 Å². The highest BCUT2D eigenvalue weighted by Crippen LogP contribution is 2.11. The van der Waals surface area contributed by atoms with Crippen molar-refractivity contribution in [3.8, 4) is 0 Å². The number of carbonyl (C=O) groups excluding carboxylic acids is 1. The van der Waals surface area contributed by atoms with E-state index in [4.69, 9.17) is 4.74 Å². The van der Waals surface area contributed by atoms with Gasteiger partial charge in [0.25, 0.3) is 0 Å². The summed E-state index contributed by atoms with van der Waals surface area (Å²) in [5.74, 6) is 0.779. The van der Waals surface area contributed by atoms with Gasteiger partial charge in [0, 0.05) is 6.54 Å². The molecule has 0 saturated carbocycles. The number of hydrogen-bond donors (Lipinski definition) is 1. The van der Waals surface area contributed by atoms with E-state index in [1.54, 1.807) is 11.8 Å². The van der Waals surface area contributed by atoms with Gasteiger partial charge in [-0.15, -0.1) is 0 Å². The van der Waals surface area contributed by atoms with Gasteiger partial charge in [-0.3, -0.25) is 4.79 Å². The molecular formula is C21H37NO2S. The molecule has 1 N–H and O–H groups in total. The number of methoxy groups -OCH3 is 1. The van der Waals surface area contributed by atoms with E-state index in [1.165, 1.54) is 23.8 Å². The maximum atomic E-state index is 11.7. The van der Waals surface area contributed by atoms with Crippen LogP contribution in [0.2, 0.25) is 0 Å². The van der Waals surface area contributed by atoms with Crippen molar-refractivity contribution < 1.29 is 9.53 Å². The predicted molar refractivity (Wildman–Crippen MR) is 112 cm³/mol. The Hall–Kier alpha value is -1.00. The molecule has 25 heavy (non-hydrogen) atoms. The molecule has 4 heteroatoms. The maximum absolute atomic E-state index is 11.7. The minimum atomic E-state index is -0.210. The molecule has 0 aromatic heterocycles. The molecule has 0 spiro atoms. The van der Waals surface area contributed by atoms with Gasteiger partial charge in [-0.1, -0.05) is 34.9 Å². The third-order valence-electron chi connectivity index (χ3n) is 4.03. The Morgan fingerprint density at radius 3 is 2.20 bits per heavy atom. The zero-order valence-electron chi connectivity index (χ0n) is 17.0. The minimum Gasteiger partial charge on any atom is -0.468 e. The Labute approximate surface area is 159 Å². The van der Waals surface area contributed by atoms with Crippen LogP contribution in [0.3, 0.4) is 0 Å². The van der Waals surface area contributed by atoms with Gasteiger partial charge in [0.1, 0.15) is 6.04 Å². The van der Waals surface area contributed by atoms with Crippen molar-refractivity contribution >= 4 is 17.7 Å². The first-order chi connectivity index (χ1) is 11.9. The highest BCUT2D eigenvalue weighted by molar-refractivity contribution is 7.98. The fourth-order valence-corrected chi connectivity index (χ4v) is 2.87. The largest absolute Gasteiger partial charge is 0.468 e. The Morgan fingerprint density at radius 2 is 1.64 bits per heavy atom. The highest BCUT2D eigenvalue weighted by Gasteiger charge is 2.16. The number of allylic oxidation sites excluding steroid dienone is 5. The van der Waals surface area contributed by atoms with Crippen LogP contribution in [0.25, 0.3) is 0 Å². The third kappa shape index (κ3) is 13.9. The fourth-order valence-electron chi connectivity index (χ4n) is 2.40. The lowest BCUT2D eigenvalue weighted by atomic mass is 10.1. The van der Waals surface area contributed by atoms with Gasteiger partial charge in [0.05, 0.1) is 7.11 Å². The van der Waals surface area contributed by atoms with Crippen LogP contribution in [0, 0.1) is 0 Å². The molecule has 0 heterocycles. The van der Waals surface area contributed by atoms with E-state index < -0.39 is 0 Å². The van der Waals surface area contributed by atoms with Crippen LogP contribution in [0.15, 0.2) is 34.9 Å². The lowest BCUT2D eigenvalue weighted by molar-refractivity contribution is -0.143. The van der Waals surface area contributed by atoms with Gasteiger partial charge in [0.2, 0.25) is 0 Å². The molecule has 0 aliphatic rings. The SMILES string of the molecule is COC(=O)[C@H](CCSC)NCC=C(C)CCC=C(C)CCC=C(C)C. The van der Waals surface area contributed by atoms with Crippen LogP contribution in [0.4, 0.5) is 0 Å². The number of esters is 1. The lowest BCUT2D eigenvalue weighted by Crippen LogP contribution is -2.38. The highest BCUT2D eigenvalue weighted by atomic mass is 32.2. The van der Waals surface area contributed by atoms with Crippen LogP contribution in [-0.4, -0.2) is 37.7 Å². The second-order valence-electron chi connectivity index (χ2n) is 6.73. The summed E-state index contributed by atoms with van der Waals surface area (Å²) < 4.78 is 4.86. The number of nitrogens with one attached hydrogen (secondary N) is 1. The first-order valence-corrected chi connectivity index (χ1v) is 10.5. The standard InChI is InChI=1S/C21H37NO2S/c1-17(2)9-7-10-18(3)11-8-12-19(4)13-15-22-20(14-16-25-6)21(23)24-5/h9,11,13,20,22H,7-8,10,12,14-16H2,1-6H3/t20-/m0/s1. The smallest absolute Gasteiger partial charge is 0.322 e. The van der Waals surface area contributed by atoms with E-state index in [2.05, 4.69) is 51.2 Å². The molecule has 0 bridgehead atoms. The summed E-state index contributed by atoms with van der Waals surface area (Å²) in [6.07, 6.45) is 14.1. The number of hydrogen-bond acceptors (Lipinski definition) is 4. The number of rotatable bonds is 13. The molecule has 0 radical (unpaired) electrons. The number of carbonyl (C=O) groups is 1. The van der Waals surface area contributed by atoms with Crippen molar-refractivity contribution in [1.29, 1.82) is 0 Å². The molecule has 0 aliphatic carbocycles. The predicted octanol–water partition coefficient (Wildman–Crippen LogP) is 5.29. The molecule has 0 rings (SSSR count). The summed E-state index contributed by atoms with van der Waals surface area (Å²) in [6, 6.07) is -0.210. The average molecular weight is 368 g/mol. The Bertz CT molecular complexity index is 463. The molecule has 0 unspecified atom stereocenters. The normalized spacial score (nSPS) is 13.5. The van der Waals surface area contributed by atoms with Crippen LogP contribution in [0.5, 0.6) is 0 Å². The van der Waals surface area contributed by atoms with E-state index in [1.807, 2.05) is 6.26 Å². The molecule has 1 atom stereocenters. The first-order valence-electron chi connectivity index (χ1n) is 9.15. The van der Waals surface area contributed by atoms with Gasteiger partial charge in [-0.2, -0.15) is 11.8 Å². The second kappa shape index (κ2) is 15.3. The van der Waals surface area contributed by atoms with Gasteiger partial charge < -0.3 is 10.1 Å². The molecule has 0 fully saturated rings. The summed E-state index contributed by atoms with van der Waals surface area (Å²) in [5.41, 5.74) is 4.21. The molecule has 144 valence electrons. The van der Waals surface area contributed by atoms with Gasteiger partial charge in [-0.05, 0) is 71.8 Å². The van der Waals surface area contributed by atoms with Crippen LogP contribution in [0.1, 0.15) is 59.8 Å². The molecule has 0 aliphatic heterocycles. The van der Waals surface area contributed by atoms with Crippen molar-refractivity contribution in [2.24, 2.45) is 0 Å². The van der Waals surface area contributed by atoms with E-state index in [0.29, 0.717) is 6.54 Å². The average Bonchev–Trinajstić information content (AvgIpc) is 2.56. The zero-order chi connectivity index (χ0) is 19.1.